The second kappa shape index (κ2) is 5.21. The average molecular weight is 208 g/mol. The summed E-state index contributed by atoms with van der Waals surface area (Å²) in [6.07, 6.45) is 2.12. The standard InChI is InChI=1S/C12H20N2O/c1-5-10-6-11(14-7-13-10)12(8(2)3)9(4)15/h6-9,12,15H,5H2,1-4H3. The summed E-state index contributed by atoms with van der Waals surface area (Å²) in [6.45, 7) is 8.09. The molecule has 3 heteroatoms. The molecule has 0 aliphatic heterocycles. The maximum Gasteiger partial charge on any atom is 0.115 e. The fourth-order valence-electron chi connectivity index (χ4n) is 1.94. The summed E-state index contributed by atoms with van der Waals surface area (Å²) in [6, 6.07) is 2.00. The van der Waals surface area contributed by atoms with Crippen LogP contribution < -0.4 is 0 Å². The number of hydrogen-bond acceptors (Lipinski definition) is 3. The highest BCUT2D eigenvalue weighted by Crippen LogP contribution is 2.26. The van der Waals surface area contributed by atoms with Gasteiger partial charge >= 0.3 is 0 Å². The van der Waals surface area contributed by atoms with E-state index in [1.54, 1.807) is 6.33 Å². The lowest BCUT2D eigenvalue weighted by Crippen LogP contribution is -2.21. The SMILES string of the molecule is CCc1cc(C(C(C)C)C(C)O)ncn1. The minimum Gasteiger partial charge on any atom is -0.393 e. The van der Waals surface area contributed by atoms with E-state index < -0.39 is 0 Å². The van der Waals surface area contributed by atoms with Crippen LogP contribution in [0, 0.1) is 5.92 Å². The van der Waals surface area contributed by atoms with E-state index in [-0.39, 0.29) is 12.0 Å². The Hall–Kier alpha value is -0.960. The van der Waals surface area contributed by atoms with Gasteiger partial charge < -0.3 is 5.11 Å². The number of rotatable bonds is 4. The van der Waals surface area contributed by atoms with Gasteiger partial charge in [0.05, 0.1) is 6.10 Å². The van der Waals surface area contributed by atoms with E-state index in [2.05, 4.69) is 30.7 Å². The fourth-order valence-corrected chi connectivity index (χ4v) is 1.94. The first-order valence-corrected chi connectivity index (χ1v) is 5.55. The maximum atomic E-state index is 9.74. The van der Waals surface area contributed by atoms with Crippen LogP contribution in [0.15, 0.2) is 12.4 Å². The number of aliphatic hydroxyl groups is 1. The van der Waals surface area contributed by atoms with Gasteiger partial charge in [0.15, 0.2) is 0 Å². The number of aryl methyl sites for hydroxylation is 1. The first-order chi connectivity index (χ1) is 7.06. The molecule has 0 saturated heterocycles. The van der Waals surface area contributed by atoms with E-state index in [9.17, 15) is 5.11 Å². The Balaban J connectivity index is 3.00. The van der Waals surface area contributed by atoms with Crippen LogP contribution in [-0.4, -0.2) is 21.2 Å². The van der Waals surface area contributed by atoms with Gasteiger partial charge in [-0.05, 0) is 25.3 Å². The van der Waals surface area contributed by atoms with Crippen molar-refractivity contribution >= 4 is 0 Å². The van der Waals surface area contributed by atoms with Crippen molar-refractivity contribution in [2.75, 3.05) is 0 Å². The molecule has 1 rings (SSSR count). The maximum absolute atomic E-state index is 9.74. The molecule has 2 atom stereocenters. The normalized spacial score (nSPS) is 15.3. The molecule has 2 unspecified atom stereocenters. The molecule has 15 heavy (non-hydrogen) atoms. The summed E-state index contributed by atoms with van der Waals surface area (Å²) in [5, 5.41) is 9.74. The van der Waals surface area contributed by atoms with Gasteiger partial charge in [0.25, 0.3) is 0 Å². The highest BCUT2D eigenvalue weighted by Gasteiger charge is 2.22. The van der Waals surface area contributed by atoms with Gasteiger partial charge in [-0.25, -0.2) is 9.97 Å². The quantitative estimate of drug-likeness (QED) is 0.824. The van der Waals surface area contributed by atoms with Crippen LogP contribution in [0.4, 0.5) is 0 Å². The van der Waals surface area contributed by atoms with E-state index in [0.29, 0.717) is 5.92 Å². The first-order valence-electron chi connectivity index (χ1n) is 5.55. The average Bonchev–Trinajstić information content (AvgIpc) is 2.17. The zero-order chi connectivity index (χ0) is 11.4. The molecule has 0 radical (unpaired) electrons. The van der Waals surface area contributed by atoms with Gasteiger partial charge in [-0.2, -0.15) is 0 Å². The molecule has 84 valence electrons. The molecule has 3 nitrogen and oxygen atoms in total. The minimum absolute atomic E-state index is 0.0956. The van der Waals surface area contributed by atoms with Crippen molar-refractivity contribution in [2.24, 2.45) is 5.92 Å². The Morgan fingerprint density at radius 3 is 2.40 bits per heavy atom. The predicted octanol–water partition coefficient (Wildman–Crippen LogP) is 2.16. The molecule has 1 heterocycles. The van der Waals surface area contributed by atoms with Crippen LogP contribution >= 0.6 is 0 Å². The Morgan fingerprint density at radius 1 is 1.27 bits per heavy atom. The van der Waals surface area contributed by atoms with E-state index >= 15 is 0 Å². The van der Waals surface area contributed by atoms with Crippen LogP contribution in [0.3, 0.4) is 0 Å². The molecule has 1 aromatic heterocycles. The monoisotopic (exact) mass is 208 g/mol. The summed E-state index contributed by atoms with van der Waals surface area (Å²) in [5.74, 6) is 0.475. The minimum atomic E-state index is -0.371. The lowest BCUT2D eigenvalue weighted by atomic mass is 9.87. The summed E-state index contributed by atoms with van der Waals surface area (Å²) in [5.41, 5.74) is 1.98. The Kier molecular flexibility index (Phi) is 4.21. The summed E-state index contributed by atoms with van der Waals surface area (Å²) >= 11 is 0. The van der Waals surface area contributed by atoms with E-state index in [0.717, 1.165) is 17.8 Å². The predicted molar refractivity (Wildman–Crippen MR) is 60.7 cm³/mol. The summed E-state index contributed by atoms with van der Waals surface area (Å²) in [4.78, 5) is 8.43. The lowest BCUT2D eigenvalue weighted by Gasteiger charge is -2.23. The van der Waals surface area contributed by atoms with Crippen LogP contribution in [0.2, 0.25) is 0 Å². The number of nitrogens with zero attached hydrogens (tertiary/aromatic N) is 2. The van der Waals surface area contributed by atoms with Gasteiger partial charge in [-0.1, -0.05) is 20.8 Å². The molecule has 0 spiro atoms. The zero-order valence-corrected chi connectivity index (χ0v) is 9.94. The Labute approximate surface area is 91.6 Å². The second-order valence-corrected chi connectivity index (χ2v) is 4.30. The van der Waals surface area contributed by atoms with E-state index in [1.165, 1.54) is 0 Å². The smallest absolute Gasteiger partial charge is 0.115 e. The highest BCUT2D eigenvalue weighted by molar-refractivity contribution is 5.14. The molecule has 1 N–H and O–H groups in total. The highest BCUT2D eigenvalue weighted by atomic mass is 16.3. The van der Waals surface area contributed by atoms with Crippen molar-refractivity contribution in [1.29, 1.82) is 0 Å². The molecule has 0 bridgehead atoms. The van der Waals surface area contributed by atoms with Crippen LogP contribution in [0.1, 0.15) is 45.0 Å². The molecule has 0 amide bonds. The molecule has 1 aromatic rings. The largest absolute Gasteiger partial charge is 0.393 e. The fraction of sp³-hybridized carbons (Fsp3) is 0.667. The number of hydrogen-bond donors (Lipinski definition) is 1. The van der Waals surface area contributed by atoms with Gasteiger partial charge in [0.1, 0.15) is 6.33 Å². The van der Waals surface area contributed by atoms with Gasteiger partial charge in [-0.15, -0.1) is 0 Å². The molecule has 0 saturated carbocycles. The van der Waals surface area contributed by atoms with Crippen LogP contribution in [0.5, 0.6) is 0 Å². The molecule has 0 aromatic carbocycles. The topological polar surface area (TPSA) is 46.0 Å². The van der Waals surface area contributed by atoms with Crippen LogP contribution in [0.25, 0.3) is 0 Å². The van der Waals surface area contributed by atoms with E-state index in [4.69, 9.17) is 0 Å². The van der Waals surface area contributed by atoms with Crippen molar-refractivity contribution in [3.63, 3.8) is 0 Å². The van der Waals surface area contributed by atoms with Crippen molar-refractivity contribution in [3.05, 3.63) is 23.8 Å². The number of aromatic nitrogens is 2. The zero-order valence-electron chi connectivity index (χ0n) is 9.94. The number of aliphatic hydroxyl groups excluding tert-OH is 1. The molecular weight excluding hydrogens is 188 g/mol. The Bertz CT molecular complexity index is 302. The first kappa shape index (κ1) is 12.1. The molecule has 0 aliphatic rings. The van der Waals surface area contributed by atoms with Gasteiger partial charge in [-0.3, -0.25) is 0 Å². The van der Waals surface area contributed by atoms with Gasteiger partial charge in [0, 0.05) is 17.3 Å². The second-order valence-electron chi connectivity index (χ2n) is 4.30. The molecule has 0 aliphatic carbocycles. The summed E-state index contributed by atoms with van der Waals surface area (Å²) < 4.78 is 0. The van der Waals surface area contributed by atoms with Crippen molar-refractivity contribution in [2.45, 2.75) is 46.1 Å². The third-order valence-corrected chi connectivity index (χ3v) is 2.69. The third-order valence-electron chi connectivity index (χ3n) is 2.69. The van der Waals surface area contributed by atoms with Crippen LogP contribution in [-0.2, 0) is 6.42 Å². The summed E-state index contributed by atoms with van der Waals surface area (Å²) in [7, 11) is 0. The van der Waals surface area contributed by atoms with E-state index in [1.807, 2.05) is 13.0 Å². The third kappa shape index (κ3) is 2.99. The molecular formula is C12H20N2O. The van der Waals surface area contributed by atoms with Crippen molar-refractivity contribution in [1.82, 2.24) is 9.97 Å². The Morgan fingerprint density at radius 2 is 1.93 bits per heavy atom. The van der Waals surface area contributed by atoms with Crippen molar-refractivity contribution in [3.8, 4) is 0 Å². The van der Waals surface area contributed by atoms with Gasteiger partial charge in [0.2, 0.25) is 0 Å². The van der Waals surface area contributed by atoms with Crippen molar-refractivity contribution < 1.29 is 5.11 Å². The molecule has 0 fully saturated rings. The lowest BCUT2D eigenvalue weighted by molar-refractivity contribution is 0.138.